The van der Waals surface area contributed by atoms with Crippen molar-refractivity contribution in [3.8, 4) is 0 Å². The molecule has 2 rings (SSSR count). The molecule has 25 heavy (non-hydrogen) atoms. The van der Waals surface area contributed by atoms with Crippen LogP contribution in [0.15, 0.2) is 30.3 Å². The molecule has 0 spiro atoms. The molecule has 1 fully saturated rings. The average molecular weight is 345 g/mol. The zero-order valence-electron chi connectivity index (χ0n) is 15.3. The van der Waals surface area contributed by atoms with Gasteiger partial charge in [-0.05, 0) is 24.5 Å². The van der Waals surface area contributed by atoms with Crippen LogP contribution in [0.3, 0.4) is 0 Å². The summed E-state index contributed by atoms with van der Waals surface area (Å²) in [4.78, 5) is 38.1. The van der Waals surface area contributed by atoms with E-state index < -0.39 is 6.04 Å². The molecule has 1 saturated heterocycles. The molecule has 0 aliphatic carbocycles. The Bertz CT molecular complexity index is 637. The van der Waals surface area contributed by atoms with Crippen molar-refractivity contribution in [3.63, 3.8) is 0 Å². The van der Waals surface area contributed by atoms with Gasteiger partial charge in [-0.2, -0.15) is 0 Å². The van der Waals surface area contributed by atoms with Crippen molar-refractivity contribution < 1.29 is 14.4 Å². The van der Waals surface area contributed by atoms with E-state index in [0.717, 1.165) is 5.69 Å². The molecule has 2 atom stereocenters. The standard InChI is InChI=1S/C19H27N3O3/c1-13(20-16(23)11-19(2,3)4)18(25)21-14-10-17(24)22(12-14)15-8-6-5-7-9-15/h5-9,13-14H,10-12H2,1-4H3,(H,20,23)(H,21,25). The van der Waals surface area contributed by atoms with Crippen molar-refractivity contribution in [2.75, 3.05) is 11.4 Å². The summed E-state index contributed by atoms with van der Waals surface area (Å²) >= 11 is 0. The van der Waals surface area contributed by atoms with Crippen LogP contribution in [0.5, 0.6) is 0 Å². The summed E-state index contributed by atoms with van der Waals surface area (Å²) in [6.07, 6.45) is 0.623. The van der Waals surface area contributed by atoms with E-state index in [-0.39, 0.29) is 35.6 Å². The SMILES string of the molecule is CC(NC(=O)CC(C)(C)C)C(=O)NC1CC(=O)N(c2ccccc2)C1. The van der Waals surface area contributed by atoms with E-state index in [9.17, 15) is 14.4 Å². The summed E-state index contributed by atoms with van der Waals surface area (Å²) in [7, 11) is 0. The van der Waals surface area contributed by atoms with Crippen molar-refractivity contribution in [2.24, 2.45) is 5.41 Å². The first-order valence-corrected chi connectivity index (χ1v) is 8.61. The molecule has 136 valence electrons. The number of hydrogen-bond donors (Lipinski definition) is 2. The van der Waals surface area contributed by atoms with Crippen molar-refractivity contribution >= 4 is 23.4 Å². The van der Waals surface area contributed by atoms with Gasteiger partial charge in [-0.25, -0.2) is 0 Å². The van der Waals surface area contributed by atoms with Crippen LogP contribution in [-0.4, -0.2) is 36.3 Å². The number of carbonyl (C=O) groups excluding carboxylic acids is 3. The third-order valence-corrected chi connectivity index (χ3v) is 4.00. The highest BCUT2D eigenvalue weighted by atomic mass is 16.2. The van der Waals surface area contributed by atoms with Crippen molar-refractivity contribution in [1.29, 1.82) is 0 Å². The molecule has 1 aliphatic rings. The Labute approximate surface area is 149 Å². The summed E-state index contributed by atoms with van der Waals surface area (Å²) in [6, 6.07) is 8.51. The molecule has 0 radical (unpaired) electrons. The summed E-state index contributed by atoms with van der Waals surface area (Å²) in [5.74, 6) is -0.431. The number of benzene rings is 1. The van der Waals surface area contributed by atoms with Gasteiger partial charge >= 0.3 is 0 Å². The number of nitrogens with one attached hydrogen (secondary N) is 2. The fourth-order valence-electron chi connectivity index (χ4n) is 2.83. The normalized spacial score (nSPS) is 18.8. The molecule has 1 aromatic carbocycles. The van der Waals surface area contributed by atoms with Crippen LogP contribution >= 0.6 is 0 Å². The smallest absolute Gasteiger partial charge is 0.242 e. The van der Waals surface area contributed by atoms with Crippen molar-refractivity contribution in [2.45, 2.75) is 52.6 Å². The Morgan fingerprint density at radius 3 is 2.48 bits per heavy atom. The fourth-order valence-corrected chi connectivity index (χ4v) is 2.83. The Hall–Kier alpha value is -2.37. The molecule has 3 amide bonds. The molecule has 6 nitrogen and oxygen atoms in total. The fraction of sp³-hybridized carbons (Fsp3) is 0.526. The Morgan fingerprint density at radius 2 is 1.88 bits per heavy atom. The highest BCUT2D eigenvalue weighted by Crippen LogP contribution is 2.21. The van der Waals surface area contributed by atoms with Gasteiger partial charge in [-0.1, -0.05) is 39.0 Å². The molecular formula is C19H27N3O3. The largest absolute Gasteiger partial charge is 0.349 e. The minimum absolute atomic E-state index is 0.0130. The predicted molar refractivity (Wildman–Crippen MR) is 97.0 cm³/mol. The van der Waals surface area contributed by atoms with Crippen LogP contribution in [0.25, 0.3) is 0 Å². The number of rotatable bonds is 5. The Balaban J connectivity index is 1.86. The lowest BCUT2D eigenvalue weighted by atomic mass is 9.92. The minimum Gasteiger partial charge on any atom is -0.349 e. The van der Waals surface area contributed by atoms with Crippen LogP contribution in [0.4, 0.5) is 5.69 Å². The van der Waals surface area contributed by atoms with E-state index in [0.29, 0.717) is 13.0 Å². The number of hydrogen-bond acceptors (Lipinski definition) is 3. The Morgan fingerprint density at radius 1 is 1.24 bits per heavy atom. The van der Waals surface area contributed by atoms with Crippen LogP contribution in [0, 0.1) is 5.41 Å². The quantitative estimate of drug-likeness (QED) is 0.855. The molecule has 1 heterocycles. The van der Waals surface area contributed by atoms with Gasteiger partial charge in [0.25, 0.3) is 0 Å². The monoisotopic (exact) mass is 345 g/mol. The zero-order chi connectivity index (χ0) is 18.6. The van der Waals surface area contributed by atoms with Gasteiger partial charge < -0.3 is 15.5 Å². The topological polar surface area (TPSA) is 78.5 Å². The molecule has 2 unspecified atom stereocenters. The minimum atomic E-state index is -0.629. The van der Waals surface area contributed by atoms with E-state index in [1.54, 1.807) is 11.8 Å². The number of amides is 3. The molecular weight excluding hydrogens is 318 g/mol. The number of para-hydroxylation sites is 1. The van der Waals surface area contributed by atoms with E-state index >= 15 is 0 Å². The summed E-state index contributed by atoms with van der Waals surface area (Å²) in [5, 5.41) is 5.58. The first-order chi connectivity index (χ1) is 11.7. The van der Waals surface area contributed by atoms with E-state index in [1.165, 1.54) is 0 Å². The van der Waals surface area contributed by atoms with E-state index in [2.05, 4.69) is 10.6 Å². The third kappa shape index (κ3) is 5.59. The van der Waals surface area contributed by atoms with Gasteiger partial charge in [0, 0.05) is 25.1 Å². The van der Waals surface area contributed by atoms with Gasteiger partial charge in [-0.15, -0.1) is 0 Å². The predicted octanol–water partition coefficient (Wildman–Crippen LogP) is 1.85. The lowest BCUT2D eigenvalue weighted by molar-refractivity contribution is -0.129. The lowest BCUT2D eigenvalue weighted by Gasteiger charge is -2.21. The van der Waals surface area contributed by atoms with E-state index in [1.807, 2.05) is 51.1 Å². The first-order valence-electron chi connectivity index (χ1n) is 8.61. The van der Waals surface area contributed by atoms with Gasteiger partial charge in [0.2, 0.25) is 17.7 Å². The molecule has 2 N–H and O–H groups in total. The second kappa shape index (κ2) is 7.68. The van der Waals surface area contributed by atoms with Gasteiger partial charge in [-0.3, -0.25) is 14.4 Å². The van der Waals surface area contributed by atoms with Crippen LogP contribution < -0.4 is 15.5 Å². The van der Waals surface area contributed by atoms with Gasteiger partial charge in [0.1, 0.15) is 6.04 Å². The number of anilines is 1. The summed E-state index contributed by atoms with van der Waals surface area (Å²) in [6.45, 7) is 8.01. The van der Waals surface area contributed by atoms with Crippen molar-refractivity contribution in [3.05, 3.63) is 30.3 Å². The van der Waals surface area contributed by atoms with Gasteiger partial charge in [0.15, 0.2) is 0 Å². The van der Waals surface area contributed by atoms with Crippen LogP contribution in [-0.2, 0) is 14.4 Å². The maximum atomic E-state index is 12.3. The van der Waals surface area contributed by atoms with Gasteiger partial charge in [0.05, 0.1) is 6.04 Å². The third-order valence-electron chi connectivity index (χ3n) is 4.00. The van der Waals surface area contributed by atoms with Crippen molar-refractivity contribution in [1.82, 2.24) is 10.6 Å². The number of nitrogens with zero attached hydrogens (tertiary/aromatic N) is 1. The second-order valence-electron chi connectivity index (χ2n) is 7.78. The molecule has 6 heteroatoms. The molecule has 0 aromatic heterocycles. The second-order valence-corrected chi connectivity index (χ2v) is 7.78. The molecule has 0 bridgehead atoms. The summed E-state index contributed by atoms with van der Waals surface area (Å²) < 4.78 is 0. The highest BCUT2D eigenvalue weighted by molar-refractivity contribution is 5.97. The summed E-state index contributed by atoms with van der Waals surface area (Å²) in [5.41, 5.74) is 0.699. The maximum Gasteiger partial charge on any atom is 0.242 e. The molecule has 1 aliphatic heterocycles. The highest BCUT2D eigenvalue weighted by Gasteiger charge is 2.32. The Kier molecular flexibility index (Phi) is 5.82. The maximum absolute atomic E-state index is 12.3. The van der Waals surface area contributed by atoms with E-state index in [4.69, 9.17) is 0 Å². The first kappa shape index (κ1) is 19.0. The average Bonchev–Trinajstić information content (AvgIpc) is 2.86. The van der Waals surface area contributed by atoms with Crippen LogP contribution in [0.2, 0.25) is 0 Å². The number of carbonyl (C=O) groups is 3. The zero-order valence-corrected chi connectivity index (χ0v) is 15.3. The van der Waals surface area contributed by atoms with Crippen LogP contribution in [0.1, 0.15) is 40.5 Å². The molecule has 0 saturated carbocycles. The lowest BCUT2D eigenvalue weighted by Crippen LogP contribution is -2.49. The molecule has 1 aromatic rings.